The van der Waals surface area contributed by atoms with Gasteiger partial charge >= 0.3 is 0 Å². The number of methoxy groups -OCH3 is 1. The molecular weight excluding hydrogens is 369 g/mol. The quantitative estimate of drug-likeness (QED) is 0.674. The fraction of sp³-hybridized carbons (Fsp3) is 0.409. The molecule has 0 aliphatic heterocycles. The number of anilines is 1. The fourth-order valence-corrected chi connectivity index (χ4v) is 3.93. The number of pyridine rings is 1. The van der Waals surface area contributed by atoms with Crippen LogP contribution in [0.25, 0.3) is 11.0 Å². The predicted octanol–water partition coefficient (Wildman–Crippen LogP) is 4.17. The van der Waals surface area contributed by atoms with E-state index in [9.17, 15) is 4.39 Å². The maximum absolute atomic E-state index is 14.6. The van der Waals surface area contributed by atoms with Gasteiger partial charge in [0, 0.05) is 17.2 Å². The highest BCUT2D eigenvalue weighted by atomic mass is 19.1. The van der Waals surface area contributed by atoms with E-state index >= 15 is 0 Å². The minimum Gasteiger partial charge on any atom is -0.481 e. The Bertz CT molecular complexity index is 1060. The Morgan fingerprint density at radius 2 is 1.97 bits per heavy atom. The molecule has 1 aliphatic carbocycles. The molecule has 7 heteroatoms. The molecule has 1 aliphatic rings. The van der Waals surface area contributed by atoms with Crippen LogP contribution in [0.15, 0.2) is 24.3 Å². The van der Waals surface area contributed by atoms with E-state index in [1.807, 2.05) is 26.0 Å². The molecule has 1 aromatic carbocycles. The number of nitrogens with zero attached hydrogens (tertiary/aromatic N) is 3. The average Bonchev–Trinajstić information content (AvgIpc) is 2.66. The number of hydrogen-bond donors (Lipinski definition) is 2. The van der Waals surface area contributed by atoms with Gasteiger partial charge in [0.15, 0.2) is 5.65 Å². The number of nitrogens with one attached hydrogen (secondary N) is 1. The van der Waals surface area contributed by atoms with Gasteiger partial charge in [-0.15, -0.1) is 0 Å². The van der Waals surface area contributed by atoms with Crippen LogP contribution in [-0.2, 0) is 0 Å². The van der Waals surface area contributed by atoms with Crippen molar-refractivity contribution in [3.05, 3.63) is 52.6 Å². The minimum absolute atomic E-state index is 0.202. The molecule has 1 saturated carbocycles. The topological polar surface area (TPSA) is 86.0 Å². The summed E-state index contributed by atoms with van der Waals surface area (Å²) in [5.74, 6) is 1.92. The third kappa shape index (κ3) is 3.62. The highest BCUT2D eigenvalue weighted by Crippen LogP contribution is 2.41. The number of aryl methyl sites for hydroxylation is 2. The third-order valence-electron chi connectivity index (χ3n) is 5.64. The van der Waals surface area contributed by atoms with Gasteiger partial charge in [0.2, 0.25) is 5.88 Å². The first-order valence-corrected chi connectivity index (χ1v) is 9.87. The van der Waals surface area contributed by atoms with Gasteiger partial charge in [-0.3, -0.25) is 0 Å². The van der Waals surface area contributed by atoms with Crippen molar-refractivity contribution in [1.29, 1.82) is 0 Å². The first-order valence-electron chi connectivity index (χ1n) is 9.87. The Kier molecular flexibility index (Phi) is 5.08. The molecule has 3 N–H and O–H groups in total. The van der Waals surface area contributed by atoms with Crippen LogP contribution >= 0.6 is 0 Å². The zero-order valence-electron chi connectivity index (χ0n) is 17.2. The molecule has 0 bridgehead atoms. The van der Waals surface area contributed by atoms with E-state index in [0.717, 1.165) is 23.8 Å². The fourth-order valence-electron chi connectivity index (χ4n) is 3.93. The van der Waals surface area contributed by atoms with Crippen LogP contribution in [0.2, 0.25) is 0 Å². The van der Waals surface area contributed by atoms with Crippen LogP contribution in [0.5, 0.6) is 5.88 Å². The summed E-state index contributed by atoms with van der Waals surface area (Å²) in [5.41, 5.74) is 8.78. The van der Waals surface area contributed by atoms with Gasteiger partial charge < -0.3 is 15.8 Å². The first-order chi connectivity index (χ1) is 13.9. The lowest BCUT2D eigenvalue weighted by Gasteiger charge is -2.33. The van der Waals surface area contributed by atoms with Gasteiger partial charge in [0.1, 0.15) is 17.5 Å². The molecule has 0 saturated heterocycles. The molecule has 29 heavy (non-hydrogen) atoms. The highest BCUT2D eigenvalue weighted by Gasteiger charge is 2.31. The van der Waals surface area contributed by atoms with Crippen LogP contribution in [0, 0.1) is 19.7 Å². The standard InChI is InChI=1S/C22H26FN5O/c1-11-6-5-7-16(19(11)23)12(2)25-20-18-10-17(14-8-15(24)9-14)22(29-4)28-21(18)27-13(3)26-20/h5-7,10,12,14-15H,8-9,24H2,1-4H3,(H,25,26,27,28)/t12-,14?,15?/m1/s1. The van der Waals surface area contributed by atoms with Gasteiger partial charge in [-0.2, -0.15) is 4.98 Å². The Morgan fingerprint density at radius 1 is 1.21 bits per heavy atom. The summed E-state index contributed by atoms with van der Waals surface area (Å²) in [6, 6.07) is 7.41. The van der Waals surface area contributed by atoms with E-state index in [1.165, 1.54) is 0 Å². The van der Waals surface area contributed by atoms with Crippen molar-refractivity contribution < 1.29 is 9.13 Å². The van der Waals surface area contributed by atoms with Gasteiger partial charge in [0.05, 0.1) is 18.5 Å². The summed E-state index contributed by atoms with van der Waals surface area (Å²) in [7, 11) is 1.62. The van der Waals surface area contributed by atoms with Crippen molar-refractivity contribution in [3.63, 3.8) is 0 Å². The number of rotatable bonds is 5. The molecule has 2 heterocycles. The van der Waals surface area contributed by atoms with Crippen molar-refractivity contribution in [1.82, 2.24) is 15.0 Å². The molecule has 4 rings (SSSR count). The van der Waals surface area contributed by atoms with Gasteiger partial charge in [-0.1, -0.05) is 18.2 Å². The van der Waals surface area contributed by atoms with Crippen molar-refractivity contribution in [3.8, 4) is 5.88 Å². The molecule has 0 amide bonds. The molecule has 0 unspecified atom stereocenters. The predicted molar refractivity (Wildman–Crippen MR) is 112 cm³/mol. The number of ether oxygens (including phenoxy) is 1. The van der Waals surface area contributed by atoms with Gasteiger partial charge in [-0.05, 0) is 51.2 Å². The van der Waals surface area contributed by atoms with Gasteiger partial charge in [0.25, 0.3) is 0 Å². The number of benzene rings is 1. The second kappa shape index (κ2) is 7.55. The average molecular weight is 395 g/mol. The van der Waals surface area contributed by atoms with E-state index in [1.54, 1.807) is 26.2 Å². The van der Waals surface area contributed by atoms with Crippen LogP contribution < -0.4 is 15.8 Å². The van der Waals surface area contributed by atoms with Crippen LogP contribution in [-0.4, -0.2) is 28.1 Å². The van der Waals surface area contributed by atoms with E-state index in [0.29, 0.717) is 40.2 Å². The second-order valence-electron chi connectivity index (χ2n) is 7.85. The molecule has 6 nitrogen and oxygen atoms in total. The zero-order chi connectivity index (χ0) is 20.7. The number of hydrogen-bond acceptors (Lipinski definition) is 6. The Labute approximate surface area is 169 Å². The lowest BCUT2D eigenvalue weighted by atomic mass is 9.76. The van der Waals surface area contributed by atoms with Crippen LogP contribution in [0.4, 0.5) is 10.2 Å². The summed E-state index contributed by atoms with van der Waals surface area (Å²) in [4.78, 5) is 13.7. The summed E-state index contributed by atoms with van der Waals surface area (Å²) in [6.45, 7) is 5.50. The molecule has 1 atom stereocenters. The molecule has 2 aromatic heterocycles. The maximum atomic E-state index is 14.6. The van der Waals surface area contributed by atoms with Crippen molar-refractivity contribution in [2.75, 3.05) is 12.4 Å². The monoisotopic (exact) mass is 395 g/mol. The molecule has 0 radical (unpaired) electrons. The van der Waals surface area contributed by atoms with Crippen molar-refractivity contribution >= 4 is 16.9 Å². The van der Waals surface area contributed by atoms with Crippen LogP contribution in [0.3, 0.4) is 0 Å². The SMILES string of the molecule is COc1nc2nc(C)nc(N[C@H](C)c3cccc(C)c3F)c2cc1C1CC(N)C1. The zero-order valence-corrected chi connectivity index (χ0v) is 17.2. The Morgan fingerprint density at radius 3 is 2.66 bits per heavy atom. The Balaban J connectivity index is 1.77. The molecule has 152 valence electrons. The number of aromatic nitrogens is 3. The normalized spacial score (nSPS) is 19.7. The number of halogens is 1. The highest BCUT2D eigenvalue weighted by molar-refractivity contribution is 5.88. The maximum Gasteiger partial charge on any atom is 0.218 e. The molecule has 0 spiro atoms. The van der Waals surface area contributed by atoms with E-state index in [-0.39, 0.29) is 17.9 Å². The Hall–Kier alpha value is -2.80. The lowest BCUT2D eigenvalue weighted by Crippen LogP contribution is -2.35. The van der Waals surface area contributed by atoms with Crippen LogP contribution in [0.1, 0.15) is 54.2 Å². The second-order valence-corrected chi connectivity index (χ2v) is 7.85. The number of fused-ring (bicyclic) bond motifs is 1. The molecular formula is C22H26FN5O. The smallest absolute Gasteiger partial charge is 0.218 e. The van der Waals surface area contributed by atoms with Gasteiger partial charge in [-0.25, -0.2) is 14.4 Å². The van der Waals surface area contributed by atoms with Crippen molar-refractivity contribution in [2.24, 2.45) is 5.73 Å². The summed E-state index contributed by atoms with van der Waals surface area (Å²) >= 11 is 0. The number of nitrogens with two attached hydrogens (primary N) is 1. The molecule has 1 fully saturated rings. The summed E-state index contributed by atoms with van der Waals surface area (Å²) < 4.78 is 20.1. The third-order valence-corrected chi connectivity index (χ3v) is 5.64. The van der Waals surface area contributed by atoms with E-state index in [4.69, 9.17) is 10.5 Å². The van der Waals surface area contributed by atoms with Crippen molar-refractivity contribution in [2.45, 2.75) is 51.6 Å². The first kappa shape index (κ1) is 19.5. The molecule has 3 aromatic rings. The largest absolute Gasteiger partial charge is 0.481 e. The van der Waals surface area contributed by atoms with E-state index in [2.05, 4.69) is 20.3 Å². The lowest BCUT2D eigenvalue weighted by molar-refractivity contribution is 0.329. The van der Waals surface area contributed by atoms with E-state index < -0.39 is 0 Å². The summed E-state index contributed by atoms with van der Waals surface area (Å²) in [5, 5.41) is 4.16. The minimum atomic E-state index is -0.268. The summed E-state index contributed by atoms with van der Waals surface area (Å²) in [6.07, 6.45) is 1.81.